The van der Waals surface area contributed by atoms with Crippen LogP contribution >= 0.6 is 0 Å². The first-order valence-corrected chi connectivity index (χ1v) is 9.34. The monoisotopic (exact) mass is 385 g/mol. The molecule has 8 nitrogen and oxygen atoms in total. The zero-order chi connectivity index (χ0) is 20.1. The minimum atomic E-state index is -0.533. The van der Waals surface area contributed by atoms with E-state index in [1.807, 2.05) is 31.2 Å². The summed E-state index contributed by atoms with van der Waals surface area (Å²) in [5.41, 5.74) is 1.68. The van der Waals surface area contributed by atoms with Crippen molar-refractivity contribution in [2.45, 2.75) is 25.3 Å². The quantitative estimate of drug-likeness (QED) is 0.798. The maximum Gasteiger partial charge on any atom is 0.319 e. The van der Waals surface area contributed by atoms with Gasteiger partial charge in [0.1, 0.15) is 5.69 Å². The van der Waals surface area contributed by atoms with Crippen LogP contribution in [0.4, 0.5) is 10.5 Å². The van der Waals surface area contributed by atoms with Crippen LogP contribution in [0.25, 0.3) is 0 Å². The first kappa shape index (κ1) is 19.9. The molecule has 150 valence electrons. The molecule has 3 amide bonds. The maximum atomic E-state index is 12.7. The Labute approximate surface area is 164 Å². The molecule has 0 bridgehead atoms. The molecule has 3 rings (SSSR count). The van der Waals surface area contributed by atoms with Gasteiger partial charge in [0.2, 0.25) is 0 Å². The van der Waals surface area contributed by atoms with E-state index in [1.165, 1.54) is 0 Å². The zero-order valence-corrected chi connectivity index (χ0v) is 16.6. The second-order valence-corrected chi connectivity index (χ2v) is 7.32. The lowest BCUT2D eigenvalue weighted by molar-refractivity contribution is 0.0766. The lowest BCUT2D eigenvalue weighted by Gasteiger charge is -2.30. The molecule has 1 aliphatic heterocycles. The first-order chi connectivity index (χ1) is 13.4. The number of hydrogen-bond donors (Lipinski definition) is 2. The van der Waals surface area contributed by atoms with Crippen molar-refractivity contribution >= 4 is 17.6 Å². The molecule has 0 radical (unpaired) electrons. The number of ether oxygens (including phenoxy) is 1. The van der Waals surface area contributed by atoms with Crippen molar-refractivity contribution < 1.29 is 14.3 Å². The van der Waals surface area contributed by atoms with E-state index < -0.39 is 5.54 Å². The summed E-state index contributed by atoms with van der Waals surface area (Å²) < 4.78 is 6.84. The third-order valence-corrected chi connectivity index (χ3v) is 5.01. The van der Waals surface area contributed by atoms with Gasteiger partial charge >= 0.3 is 6.03 Å². The summed E-state index contributed by atoms with van der Waals surface area (Å²) in [5.74, 6) is -0.124. The Balaban J connectivity index is 1.68. The second-order valence-electron chi connectivity index (χ2n) is 7.32. The van der Waals surface area contributed by atoms with Gasteiger partial charge in [-0.1, -0.05) is 12.1 Å². The number of likely N-dealkylation sites (tertiary alicyclic amines) is 1. The Morgan fingerprint density at radius 2 is 2.14 bits per heavy atom. The van der Waals surface area contributed by atoms with Gasteiger partial charge in [-0.3, -0.25) is 9.48 Å². The van der Waals surface area contributed by atoms with E-state index in [4.69, 9.17) is 4.74 Å². The summed E-state index contributed by atoms with van der Waals surface area (Å²) >= 11 is 0. The highest BCUT2D eigenvalue weighted by atomic mass is 16.5. The van der Waals surface area contributed by atoms with Crippen LogP contribution in [0.2, 0.25) is 0 Å². The molecule has 0 spiro atoms. The number of carbonyl (C=O) groups excluding carboxylic acids is 2. The number of aromatic nitrogens is 2. The number of nitrogens with zero attached hydrogens (tertiary/aromatic N) is 3. The van der Waals surface area contributed by atoms with Crippen LogP contribution in [-0.2, 0) is 11.8 Å². The van der Waals surface area contributed by atoms with Crippen LogP contribution in [-0.4, -0.2) is 59.0 Å². The average molecular weight is 385 g/mol. The van der Waals surface area contributed by atoms with Gasteiger partial charge in [-0.05, 0) is 43.5 Å². The van der Waals surface area contributed by atoms with E-state index in [2.05, 4.69) is 15.7 Å². The predicted molar refractivity (Wildman–Crippen MR) is 106 cm³/mol. The topological polar surface area (TPSA) is 88.5 Å². The molecule has 0 saturated carbocycles. The normalized spacial score (nSPS) is 18.9. The SMILES string of the molecule is COCCC1(NC(=O)Nc2cccc(C)c2)CCN(C(=O)c2ccn(C)n2)C1. The highest BCUT2D eigenvalue weighted by Gasteiger charge is 2.41. The Kier molecular flexibility index (Phi) is 5.99. The summed E-state index contributed by atoms with van der Waals surface area (Å²) in [6, 6.07) is 9.05. The molecular formula is C20H27N5O3. The lowest BCUT2D eigenvalue weighted by atomic mass is 9.94. The molecule has 28 heavy (non-hydrogen) atoms. The Morgan fingerprint density at radius 3 is 2.82 bits per heavy atom. The van der Waals surface area contributed by atoms with Gasteiger partial charge in [0.05, 0.1) is 5.54 Å². The Bertz CT molecular complexity index is 850. The number of amides is 3. The molecule has 1 unspecified atom stereocenters. The van der Waals surface area contributed by atoms with E-state index in [-0.39, 0.29) is 11.9 Å². The summed E-state index contributed by atoms with van der Waals surface area (Å²) in [4.78, 5) is 27.1. The third-order valence-electron chi connectivity index (χ3n) is 5.01. The van der Waals surface area contributed by atoms with Crippen molar-refractivity contribution in [3.05, 3.63) is 47.8 Å². The predicted octanol–water partition coefficient (Wildman–Crippen LogP) is 2.17. The van der Waals surface area contributed by atoms with Crippen molar-refractivity contribution in [1.29, 1.82) is 0 Å². The zero-order valence-electron chi connectivity index (χ0n) is 16.6. The molecule has 1 fully saturated rings. The fraction of sp³-hybridized carbons (Fsp3) is 0.450. The van der Waals surface area contributed by atoms with Crippen molar-refractivity contribution in [3.63, 3.8) is 0 Å². The van der Waals surface area contributed by atoms with Crippen LogP contribution in [0.3, 0.4) is 0 Å². The van der Waals surface area contributed by atoms with E-state index in [1.54, 1.807) is 36.0 Å². The van der Waals surface area contributed by atoms with Crippen LogP contribution in [0, 0.1) is 6.92 Å². The number of anilines is 1. The van der Waals surface area contributed by atoms with Gasteiger partial charge in [-0.25, -0.2) is 4.79 Å². The lowest BCUT2D eigenvalue weighted by Crippen LogP contribution is -2.53. The largest absolute Gasteiger partial charge is 0.385 e. The highest BCUT2D eigenvalue weighted by molar-refractivity contribution is 5.93. The van der Waals surface area contributed by atoms with Crippen molar-refractivity contribution in [2.24, 2.45) is 7.05 Å². The van der Waals surface area contributed by atoms with Crippen molar-refractivity contribution in [2.75, 3.05) is 32.1 Å². The minimum Gasteiger partial charge on any atom is -0.385 e. The van der Waals surface area contributed by atoms with Gasteiger partial charge in [0.15, 0.2) is 0 Å². The number of urea groups is 1. The molecule has 2 aromatic rings. The van der Waals surface area contributed by atoms with Crippen molar-refractivity contribution in [1.82, 2.24) is 20.0 Å². The Hall–Kier alpha value is -2.87. The van der Waals surface area contributed by atoms with E-state index >= 15 is 0 Å². The highest BCUT2D eigenvalue weighted by Crippen LogP contribution is 2.26. The van der Waals surface area contributed by atoms with Gasteiger partial charge in [-0.2, -0.15) is 5.10 Å². The first-order valence-electron chi connectivity index (χ1n) is 9.34. The summed E-state index contributed by atoms with van der Waals surface area (Å²) in [6.45, 7) is 3.45. The van der Waals surface area contributed by atoms with Gasteiger partial charge in [-0.15, -0.1) is 0 Å². The number of hydrogen-bond acceptors (Lipinski definition) is 4. The standard InChI is InChI=1S/C20H27N5O3/c1-15-5-4-6-16(13-15)21-19(27)22-20(9-12-28-3)8-11-25(14-20)18(26)17-7-10-24(2)23-17/h4-7,10,13H,8-9,11-12,14H2,1-3H3,(H2,21,22,27). The number of aryl methyl sites for hydroxylation is 2. The molecular weight excluding hydrogens is 358 g/mol. The molecule has 1 aromatic carbocycles. The molecule has 1 aliphatic rings. The number of carbonyl (C=O) groups is 2. The smallest absolute Gasteiger partial charge is 0.319 e. The average Bonchev–Trinajstić information content (AvgIpc) is 3.26. The number of methoxy groups -OCH3 is 1. The van der Waals surface area contributed by atoms with Gasteiger partial charge in [0, 0.05) is 45.7 Å². The fourth-order valence-corrected chi connectivity index (χ4v) is 3.53. The Morgan fingerprint density at radius 1 is 1.32 bits per heavy atom. The van der Waals surface area contributed by atoms with E-state index in [0.717, 1.165) is 11.3 Å². The number of nitrogens with one attached hydrogen (secondary N) is 2. The van der Waals surface area contributed by atoms with E-state index in [9.17, 15) is 9.59 Å². The molecule has 2 heterocycles. The summed E-state index contributed by atoms with van der Waals surface area (Å²) in [5, 5.41) is 10.2. The van der Waals surface area contributed by atoms with Crippen LogP contribution in [0.15, 0.2) is 36.5 Å². The molecule has 1 atom stereocenters. The van der Waals surface area contributed by atoms with E-state index in [0.29, 0.717) is 38.2 Å². The van der Waals surface area contributed by atoms with Crippen LogP contribution < -0.4 is 10.6 Å². The van der Waals surface area contributed by atoms with Crippen LogP contribution in [0.1, 0.15) is 28.9 Å². The summed E-state index contributed by atoms with van der Waals surface area (Å²) in [6.07, 6.45) is 3.03. The number of rotatable bonds is 6. The molecule has 1 saturated heterocycles. The van der Waals surface area contributed by atoms with Crippen LogP contribution in [0.5, 0.6) is 0 Å². The molecule has 2 N–H and O–H groups in total. The molecule has 0 aliphatic carbocycles. The maximum absolute atomic E-state index is 12.7. The minimum absolute atomic E-state index is 0.124. The molecule has 8 heteroatoms. The van der Waals surface area contributed by atoms with Gasteiger partial charge in [0.25, 0.3) is 5.91 Å². The second kappa shape index (κ2) is 8.43. The summed E-state index contributed by atoms with van der Waals surface area (Å²) in [7, 11) is 3.41. The fourth-order valence-electron chi connectivity index (χ4n) is 3.53. The number of benzene rings is 1. The third kappa shape index (κ3) is 4.69. The molecule has 1 aromatic heterocycles. The van der Waals surface area contributed by atoms with Crippen molar-refractivity contribution in [3.8, 4) is 0 Å². The van der Waals surface area contributed by atoms with Gasteiger partial charge < -0.3 is 20.3 Å².